The fourth-order valence-electron chi connectivity index (χ4n) is 2.43. The first-order valence-electron chi connectivity index (χ1n) is 7.58. The lowest BCUT2D eigenvalue weighted by atomic mass is 9.97. The van der Waals surface area contributed by atoms with Crippen molar-refractivity contribution in [2.75, 3.05) is 12.4 Å². The Kier molecular flexibility index (Phi) is 4.89. The summed E-state index contributed by atoms with van der Waals surface area (Å²) >= 11 is 0. The Balaban J connectivity index is 1.84. The van der Waals surface area contributed by atoms with Crippen molar-refractivity contribution in [2.24, 2.45) is 0 Å². The number of tetrazole rings is 1. The number of hydrogen-bond acceptors (Lipinski definition) is 6. The molecule has 0 bridgehead atoms. The number of anilines is 1. The second kappa shape index (κ2) is 7.43. The van der Waals surface area contributed by atoms with Crippen molar-refractivity contribution >= 4 is 11.6 Å². The van der Waals surface area contributed by atoms with Gasteiger partial charge >= 0.3 is 0 Å². The molecule has 128 valence electrons. The van der Waals surface area contributed by atoms with Crippen LogP contribution in [0.4, 0.5) is 5.69 Å². The number of phenolic OH excluding ortho intramolecular Hbond substituents is 1. The van der Waals surface area contributed by atoms with E-state index < -0.39 is 5.92 Å². The lowest BCUT2D eigenvalue weighted by Crippen LogP contribution is -2.24. The monoisotopic (exact) mass is 338 g/mol. The Labute approximate surface area is 143 Å². The number of hydrogen-bond donors (Lipinski definition) is 2. The number of nitrogens with zero attached hydrogens (tertiary/aromatic N) is 4. The van der Waals surface area contributed by atoms with Crippen LogP contribution in [0.25, 0.3) is 0 Å². The highest BCUT2D eigenvalue weighted by molar-refractivity contribution is 5.95. The zero-order valence-corrected chi connectivity index (χ0v) is 13.5. The van der Waals surface area contributed by atoms with Gasteiger partial charge in [0.2, 0.25) is 5.91 Å². The number of phenols is 1. The quantitative estimate of drug-likeness (QED) is 0.700. The van der Waals surface area contributed by atoms with Gasteiger partial charge in [0.1, 0.15) is 0 Å². The standard InChI is InChI=1S/C17H17N5O3/c1-25-15-10-11(7-8-14(15)23)9-13(16-19-21-22-20-16)17(24)18-12-5-3-2-4-6-12/h2-8,10,13H,9H2,1H3,(H3,18,19,20,21,22,23,24)/p-1/t13-/m1/s1. The lowest BCUT2D eigenvalue weighted by molar-refractivity contribution is -0.117. The molecule has 0 aliphatic carbocycles. The van der Waals surface area contributed by atoms with Gasteiger partial charge in [-0.15, -0.1) is 0 Å². The first kappa shape index (κ1) is 16.4. The fourth-order valence-corrected chi connectivity index (χ4v) is 2.43. The molecule has 1 heterocycles. The number of methoxy groups -OCH3 is 1. The molecule has 1 amide bonds. The number of aromatic hydroxyl groups is 1. The molecule has 0 saturated carbocycles. The molecular weight excluding hydrogens is 322 g/mol. The minimum absolute atomic E-state index is 0.0319. The Morgan fingerprint density at radius 2 is 2.08 bits per heavy atom. The van der Waals surface area contributed by atoms with Crippen molar-refractivity contribution < 1.29 is 14.6 Å². The van der Waals surface area contributed by atoms with Gasteiger partial charge in [-0.2, -0.15) is 5.21 Å². The number of carbonyl (C=O) groups excluding carboxylic acids is 1. The first-order chi connectivity index (χ1) is 12.2. The molecule has 1 aromatic heterocycles. The Morgan fingerprint density at radius 3 is 2.76 bits per heavy atom. The molecule has 0 radical (unpaired) electrons. The summed E-state index contributed by atoms with van der Waals surface area (Å²) in [6.07, 6.45) is 0.308. The van der Waals surface area contributed by atoms with E-state index in [1.165, 1.54) is 13.2 Å². The Bertz CT molecular complexity index is 837. The van der Waals surface area contributed by atoms with E-state index in [1.54, 1.807) is 24.3 Å². The van der Waals surface area contributed by atoms with E-state index >= 15 is 0 Å². The highest BCUT2D eigenvalue weighted by Gasteiger charge is 2.21. The zero-order valence-electron chi connectivity index (χ0n) is 13.5. The molecule has 25 heavy (non-hydrogen) atoms. The zero-order chi connectivity index (χ0) is 17.6. The van der Waals surface area contributed by atoms with Gasteiger partial charge in [-0.05, 0) is 36.2 Å². The molecule has 3 rings (SSSR count). The number of aromatic nitrogens is 4. The number of ether oxygens (including phenoxy) is 1. The van der Waals surface area contributed by atoms with Crippen molar-refractivity contribution in [1.29, 1.82) is 0 Å². The Hall–Kier alpha value is -3.42. The van der Waals surface area contributed by atoms with Gasteiger partial charge < -0.3 is 20.3 Å². The molecule has 0 fully saturated rings. The number of carbonyl (C=O) groups is 1. The van der Waals surface area contributed by atoms with Crippen LogP contribution in [0, 0.1) is 0 Å². The minimum Gasteiger partial charge on any atom is -0.504 e. The third-order valence-corrected chi connectivity index (χ3v) is 3.69. The van der Waals surface area contributed by atoms with E-state index in [0.717, 1.165) is 5.56 Å². The number of amides is 1. The fraction of sp³-hybridized carbons (Fsp3) is 0.176. The summed E-state index contributed by atoms with van der Waals surface area (Å²) in [6.45, 7) is 0. The number of rotatable bonds is 6. The SMILES string of the molecule is COc1cc(C[C@@H](C(=O)Nc2ccccc2)c2nnn[n-]2)ccc1O. The summed E-state index contributed by atoms with van der Waals surface area (Å²) in [7, 11) is 1.46. The van der Waals surface area contributed by atoms with Crippen LogP contribution in [0.3, 0.4) is 0 Å². The molecule has 8 heteroatoms. The van der Waals surface area contributed by atoms with E-state index in [2.05, 4.69) is 25.9 Å². The van der Waals surface area contributed by atoms with Gasteiger partial charge in [0, 0.05) is 11.5 Å². The molecule has 1 atom stereocenters. The van der Waals surface area contributed by atoms with Crippen LogP contribution in [-0.4, -0.2) is 33.6 Å². The number of benzene rings is 2. The van der Waals surface area contributed by atoms with Crippen LogP contribution < -0.4 is 15.2 Å². The van der Waals surface area contributed by atoms with Gasteiger partial charge in [0.05, 0.1) is 13.0 Å². The molecule has 8 nitrogen and oxygen atoms in total. The molecule has 3 aromatic rings. The molecule has 0 unspecified atom stereocenters. The maximum Gasteiger partial charge on any atom is 0.232 e. The second-order valence-electron chi connectivity index (χ2n) is 5.36. The van der Waals surface area contributed by atoms with E-state index in [-0.39, 0.29) is 17.5 Å². The smallest absolute Gasteiger partial charge is 0.232 e. The van der Waals surface area contributed by atoms with Gasteiger partial charge in [0.15, 0.2) is 11.5 Å². The summed E-state index contributed by atoms with van der Waals surface area (Å²) in [5.41, 5.74) is 1.46. The predicted octanol–water partition coefficient (Wildman–Crippen LogP) is 1.51. The third kappa shape index (κ3) is 3.92. The maximum absolute atomic E-state index is 12.7. The van der Waals surface area contributed by atoms with E-state index in [9.17, 15) is 9.90 Å². The van der Waals surface area contributed by atoms with E-state index in [0.29, 0.717) is 17.9 Å². The molecular formula is C17H16N5O3-. The van der Waals surface area contributed by atoms with Crippen LogP contribution in [0.5, 0.6) is 11.5 Å². The Morgan fingerprint density at radius 1 is 1.28 bits per heavy atom. The maximum atomic E-state index is 12.7. The third-order valence-electron chi connectivity index (χ3n) is 3.69. The van der Waals surface area contributed by atoms with Crippen molar-refractivity contribution in [1.82, 2.24) is 20.6 Å². The van der Waals surface area contributed by atoms with Crippen molar-refractivity contribution in [3.63, 3.8) is 0 Å². The average Bonchev–Trinajstić information content (AvgIpc) is 3.16. The summed E-state index contributed by atoms with van der Waals surface area (Å²) in [5, 5.41) is 27.1. The molecule has 0 aliphatic rings. The highest BCUT2D eigenvalue weighted by Crippen LogP contribution is 2.29. The van der Waals surface area contributed by atoms with Gasteiger partial charge in [0.25, 0.3) is 0 Å². The summed E-state index contributed by atoms with van der Waals surface area (Å²) < 4.78 is 5.11. The van der Waals surface area contributed by atoms with Crippen molar-refractivity contribution in [2.45, 2.75) is 12.3 Å². The average molecular weight is 338 g/mol. The molecule has 0 spiro atoms. The van der Waals surface area contributed by atoms with Crippen molar-refractivity contribution in [3.05, 3.63) is 59.9 Å². The largest absolute Gasteiger partial charge is 0.504 e. The van der Waals surface area contributed by atoms with Crippen LogP contribution in [0.2, 0.25) is 0 Å². The second-order valence-corrected chi connectivity index (χ2v) is 5.36. The summed E-state index contributed by atoms with van der Waals surface area (Å²) in [6, 6.07) is 14.0. The van der Waals surface area contributed by atoms with Gasteiger partial charge in [-0.3, -0.25) is 15.1 Å². The topological polar surface area (TPSA) is 111 Å². The molecule has 0 saturated heterocycles. The van der Waals surface area contributed by atoms with Gasteiger partial charge in [-0.25, -0.2) is 0 Å². The molecule has 0 aliphatic heterocycles. The van der Waals surface area contributed by atoms with Crippen LogP contribution in [-0.2, 0) is 11.2 Å². The molecule has 2 N–H and O–H groups in total. The number of nitrogens with one attached hydrogen (secondary N) is 1. The predicted molar refractivity (Wildman–Crippen MR) is 89.3 cm³/mol. The normalized spacial score (nSPS) is 11.7. The van der Waals surface area contributed by atoms with Crippen LogP contribution >= 0.6 is 0 Å². The molecule has 2 aromatic carbocycles. The van der Waals surface area contributed by atoms with Crippen molar-refractivity contribution in [3.8, 4) is 11.5 Å². The lowest BCUT2D eigenvalue weighted by Gasteiger charge is -2.17. The first-order valence-corrected chi connectivity index (χ1v) is 7.58. The van der Waals surface area contributed by atoms with E-state index in [1.807, 2.05) is 18.2 Å². The van der Waals surface area contributed by atoms with Gasteiger partial charge in [-0.1, -0.05) is 24.3 Å². The highest BCUT2D eigenvalue weighted by atomic mass is 16.5. The summed E-state index contributed by atoms with van der Waals surface area (Å²) in [4.78, 5) is 12.7. The minimum atomic E-state index is -0.676. The van der Waals surface area contributed by atoms with Crippen LogP contribution in [0.15, 0.2) is 48.5 Å². The number of para-hydroxylation sites is 1. The summed E-state index contributed by atoms with van der Waals surface area (Å²) in [5.74, 6) is -0.346. The van der Waals surface area contributed by atoms with E-state index in [4.69, 9.17) is 4.74 Å². The van der Waals surface area contributed by atoms with Crippen LogP contribution in [0.1, 0.15) is 17.3 Å².